The van der Waals surface area contributed by atoms with Crippen LogP contribution in [0.4, 0.5) is 0 Å². The molecule has 0 aromatic heterocycles. The molecule has 112 valence electrons. The maximum Gasteiger partial charge on any atom is 0.0700 e. The van der Waals surface area contributed by atoms with E-state index in [1.165, 1.54) is 24.0 Å². The van der Waals surface area contributed by atoms with Gasteiger partial charge in [-0.15, -0.1) is 0 Å². The van der Waals surface area contributed by atoms with Gasteiger partial charge < -0.3 is 14.8 Å². The van der Waals surface area contributed by atoms with Gasteiger partial charge >= 0.3 is 0 Å². The predicted octanol–water partition coefficient (Wildman–Crippen LogP) is 2.88. The quantitative estimate of drug-likeness (QED) is 0.704. The molecule has 2 rings (SSSR count). The molecule has 1 fully saturated rings. The van der Waals surface area contributed by atoms with Crippen molar-refractivity contribution < 1.29 is 9.47 Å². The van der Waals surface area contributed by atoms with Gasteiger partial charge in [0, 0.05) is 19.8 Å². The molecule has 1 N–H and O–H groups in total. The van der Waals surface area contributed by atoms with Crippen molar-refractivity contribution >= 4 is 0 Å². The highest BCUT2D eigenvalue weighted by Crippen LogP contribution is 2.38. The third-order valence-corrected chi connectivity index (χ3v) is 4.10. The van der Waals surface area contributed by atoms with Crippen LogP contribution in [0, 0.1) is 6.92 Å². The predicted molar refractivity (Wildman–Crippen MR) is 82.3 cm³/mol. The van der Waals surface area contributed by atoms with Crippen molar-refractivity contribution in [3.63, 3.8) is 0 Å². The van der Waals surface area contributed by atoms with Gasteiger partial charge in [-0.2, -0.15) is 0 Å². The molecule has 0 aliphatic heterocycles. The molecule has 1 saturated carbocycles. The highest BCUT2D eigenvalue weighted by atomic mass is 16.5. The first-order chi connectivity index (χ1) is 9.81. The summed E-state index contributed by atoms with van der Waals surface area (Å²) in [6.45, 7) is 5.49. The second-order valence-electron chi connectivity index (χ2n) is 5.63. The number of benzene rings is 1. The fourth-order valence-electron chi connectivity index (χ4n) is 2.81. The Morgan fingerprint density at radius 1 is 1.15 bits per heavy atom. The van der Waals surface area contributed by atoms with Crippen molar-refractivity contribution in [2.24, 2.45) is 0 Å². The zero-order valence-electron chi connectivity index (χ0n) is 12.7. The molecular formula is C17H27NO2. The minimum Gasteiger partial charge on any atom is -0.382 e. The van der Waals surface area contributed by atoms with E-state index in [1.807, 2.05) is 0 Å². The average molecular weight is 277 g/mol. The molecule has 0 atom stereocenters. The molecule has 0 radical (unpaired) electrons. The minimum absolute atomic E-state index is 0.689. The third-order valence-electron chi connectivity index (χ3n) is 4.10. The normalized spacial score (nSPS) is 21.7. The summed E-state index contributed by atoms with van der Waals surface area (Å²) in [7, 11) is 1.70. The van der Waals surface area contributed by atoms with Crippen molar-refractivity contribution in [1.29, 1.82) is 0 Å². The summed E-state index contributed by atoms with van der Waals surface area (Å²) in [6.07, 6.45) is 3.63. The van der Waals surface area contributed by atoms with E-state index >= 15 is 0 Å². The standard InChI is InChI=1S/C17H27NO2/c1-14-6-3-4-7-17(14)15-12-16(13-15)18-8-5-9-20-11-10-19-2/h3-4,6-7,15-16,18H,5,8-13H2,1-2H3. The summed E-state index contributed by atoms with van der Waals surface area (Å²) < 4.78 is 10.4. The molecule has 1 aliphatic carbocycles. The second kappa shape index (κ2) is 8.40. The zero-order valence-corrected chi connectivity index (χ0v) is 12.7. The summed E-state index contributed by atoms with van der Waals surface area (Å²) in [5.41, 5.74) is 2.97. The summed E-state index contributed by atoms with van der Waals surface area (Å²) in [4.78, 5) is 0. The van der Waals surface area contributed by atoms with Crippen LogP contribution in [-0.4, -0.2) is 39.5 Å². The first-order valence-electron chi connectivity index (χ1n) is 7.67. The third kappa shape index (κ3) is 4.58. The van der Waals surface area contributed by atoms with Crippen LogP contribution in [0.1, 0.15) is 36.3 Å². The number of hydrogen-bond acceptors (Lipinski definition) is 3. The van der Waals surface area contributed by atoms with E-state index in [4.69, 9.17) is 9.47 Å². The van der Waals surface area contributed by atoms with Crippen LogP contribution in [0.15, 0.2) is 24.3 Å². The van der Waals surface area contributed by atoms with E-state index in [0.717, 1.165) is 25.5 Å². The number of ether oxygens (including phenoxy) is 2. The zero-order chi connectivity index (χ0) is 14.2. The van der Waals surface area contributed by atoms with Crippen LogP contribution in [0.3, 0.4) is 0 Å². The van der Waals surface area contributed by atoms with Crippen molar-refractivity contribution in [2.75, 3.05) is 33.5 Å². The SMILES string of the molecule is COCCOCCCNC1CC(c2ccccc2C)C1. The Balaban J connectivity index is 1.53. The highest BCUT2D eigenvalue weighted by Gasteiger charge is 2.30. The van der Waals surface area contributed by atoms with Gasteiger partial charge in [-0.05, 0) is 49.8 Å². The molecule has 0 saturated heterocycles. The topological polar surface area (TPSA) is 30.5 Å². The number of rotatable bonds is 9. The van der Waals surface area contributed by atoms with Crippen LogP contribution in [-0.2, 0) is 9.47 Å². The van der Waals surface area contributed by atoms with Gasteiger partial charge in [0.25, 0.3) is 0 Å². The maximum absolute atomic E-state index is 5.45. The lowest BCUT2D eigenvalue weighted by Crippen LogP contribution is -2.40. The number of hydrogen-bond donors (Lipinski definition) is 1. The van der Waals surface area contributed by atoms with Gasteiger partial charge in [0.05, 0.1) is 13.2 Å². The van der Waals surface area contributed by atoms with Gasteiger partial charge in [-0.1, -0.05) is 24.3 Å². The van der Waals surface area contributed by atoms with Gasteiger partial charge in [0.15, 0.2) is 0 Å². The van der Waals surface area contributed by atoms with Crippen LogP contribution in [0.2, 0.25) is 0 Å². The molecule has 1 aliphatic rings. The lowest BCUT2D eigenvalue weighted by molar-refractivity contribution is 0.0688. The molecular weight excluding hydrogens is 250 g/mol. The molecule has 20 heavy (non-hydrogen) atoms. The Kier molecular flexibility index (Phi) is 6.51. The molecule has 0 spiro atoms. The van der Waals surface area contributed by atoms with Gasteiger partial charge in [-0.3, -0.25) is 0 Å². The van der Waals surface area contributed by atoms with Gasteiger partial charge in [-0.25, -0.2) is 0 Å². The summed E-state index contributed by atoms with van der Waals surface area (Å²) in [5.74, 6) is 0.756. The largest absolute Gasteiger partial charge is 0.382 e. The smallest absolute Gasteiger partial charge is 0.0700 e. The Bertz CT molecular complexity index is 388. The second-order valence-corrected chi connectivity index (χ2v) is 5.63. The van der Waals surface area contributed by atoms with Crippen LogP contribution < -0.4 is 5.32 Å². The fourth-order valence-corrected chi connectivity index (χ4v) is 2.81. The van der Waals surface area contributed by atoms with E-state index in [0.29, 0.717) is 19.3 Å². The molecule has 1 aromatic rings. The van der Waals surface area contributed by atoms with E-state index in [-0.39, 0.29) is 0 Å². The minimum atomic E-state index is 0.689. The average Bonchev–Trinajstić information content (AvgIpc) is 2.41. The van der Waals surface area contributed by atoms with E-state index in [9.17, 15) is 0 Å². The first kappa shape index (κ1) is 15.5. The van der Waals surface area contributed by atoms with Gasteiger partial charge in [0.2, 0.25) is 0 Å². The van der Waals surface area contributed by atoms with Crippen molar-refractivity contribution in [3.05, 3.63) is 35.4 Å². The molecule has 1 aromatic carbocycles. The molecule has 0 amide bonds. The van der Waals surface area contributed by atoms with Gasteiger partial charge in [0.1, 0.15) is 0 Å². The summed E-state index contributed by atoms with van der Waals surface area (Å²) in [5, 5.41) is 3.62. The number of aryl methyl sites for hydroxylation is 1. The lowest BCUT2D eigenvalue weighted by atomic mass is 9.74. The summed E-state index contributed by atoms with van der Waals surface area (Å²) in [6, 6.07) is 9.46. The van der Waals surface area contributed by atoms with Crippen LogP contribution in [0.25, 0.3) is 0 Å². The first-order valence-corrected chi connectivity index (χ1v) is 7.67. The Hall–Kier alpha value is -0.900. The van der Waals surface area contributed by atoms with Crippen molar-refractivity contribution in [2.45, 2.75) is 38.1 Å². The van der Waals surface area contributed by atoms with Crippen LogP contribution in [0.5, 0.6) is 0 Å². The molecule has 0 heterocycles. The monoisotopic (exact) mass is 277 g/mol. The fraction of sp³-hybridized carbons (Fsp3) is 0.647. The number of methoxy groups -OCH3 is 1. The lowest BCUT2D eigenvalue weighted by Gasteiger charge is -2.37. The van der Waals surface area contributed by atoms with E-state index in [1.54, 1.807) is 7.11 Å². The maximum atomic E-state index is 5.45. The molecule has 0 unspecified atom stereocenters. The summed E-state index contributed by atoms with van der Waals surface area (Å²) >= 11 is 0. The Morgan fingerprint density at radius 2 is 1.95 bits per heavy atom. The Labute approximate surface area is 122 Å². The van der Waals surface area contributed by atoms with Crippen molar-refractivity contribution in [1.82, 2.24) is 5.32 Å². The number of nitrogens with one attached hydrogen (secondary N) is 1. The molecule has 3 nitrogen and oxygen atoms in total. The van der Waals surface area contributed by atoms with E-state index < -0.39 is 0 Å². The highest BCUT2D eigenvalue weighted by molar-refractivity contribution is 5.31. The van der Waals surface area contributed by atoms with E-state index in [2.05, 4.69) is 36.5 Å². The molecule has 0 bridgehead atoms. The molecule has 3 heteroatoms. The van der Waals surface area contributed by atoms with Crippen LogP contribution >= 0.6 is 0 Å². The Morgan fingerprint density at radius 3 is 2.70 bits per heavy atom. The van der Waals surface area contributed by atoms with Crippen molar-refractivity contribution in [3.8, 4) is 0 Å².